The molecule has 2 aromatic rings. The fraction of sp³-hybridized carbons (Fsp3) is 0.333. The molecule has 0 heterocycles. The fourth-order valence-electron chi connectivity index (χ4n) is 2.47. The molecule has 2 amide bonds. The Hall–Kier alpha value is -2.82. The highest BCUT2D eigenvalue weighted by molar-refractivity contribution is 5.95. The highest BCUT2D eigenvalue weighted by Crippen LogP contribution is 2.20. The molecule has 0 aliphatic carbocycles. The minimum atomic E-state index is -0.569. The van der Waals surface area contributed by atoms with Crippen LogP contribution in [-0.4, -0.2) is 17.9 Å². The Morgan fingerprint density at radius 3 is 2.15 bits per heavy atom. The molecule has 2 rings (SSSR count). The third-order valence-corrected chi connectivity index (χ3v) is 3.94. The summed E-state index contributed by atoms with van der Waals surface area (Å²) in [6.45, 7) is 5.82. The topological polar surface area (TPSA) is 67.4 Å². The number of carbonyl (C=O) groups is 2. The number of carbonyl (C=O) groups excluding carboxylic acids is 2. The molecule has 1 atom stereocenters. The van der Waals surface area contributed by atoms with Crippen LogP contribution in [0, 0.1) is 6.92 Å². The molecule has 5 nitrogen and oxygen atoms in total. The van der Waals surface area contributed by atoms with Crippen LogP contribution in [0.2, 0.25) is 0 Å². The number of nitrogens with one attached hydrogen (secondary N) is 2. The number of rotatable bonds is 8. The van der Waals surface area contributed by atoms with E-state index in [1.807, 2.05) is 45.0 Å². The van der Waals surface area contributed by atoms with Gasteiger partial charge in [0.2, 0.25) is 5.91 Å². The van der Waals surface area contributed by atoms with Crippen LogP contribution >= 0.6 is 0 Å². The molecule has 5 heteroatoms. The van der Waals surface area contributed by atoms with Crippen LogP contribution in [0.5, 0.6) is 5.75 Å². The van der Waals surface area contributed by atoms with Crippen molar-refractivity contribution >= 4 is 23.2 Å². The van der Waals surface area contributed by atoms with Gasteiger partial charge >= 0.3 is 0 Å². The molecule has 0 saturated heterocycles. The van der Waals surface area contributed by atoms with Crippen LogP contribution in [0.3, 0.4) is 0 Å². The van der Waals surface area contributed by atoms with Crippen LogP contribution in [0.25, 0.3) is 0 Å². The number of aryl methyl sites for hydroxylation is 1. The van der Waals surface area contributed by atoms with Gasteiger partial charge in [-0.2, -0.15) is 0 Å². The molecule has 1 unspecified atom stereocenters. The van der Waals surface area contributed by atoms with Gasteiger partial charge in [0.15, 0.2) is 6.10 Å². The molecule has 0 aromatic heterocycles. The summed E-state index contributed by atoms with van der Waals surface area (Å²) in [4.78, 5) is 24.1. The summed E-state index contributed by atoms with van der Waals surface area (Å²) < 4.78 is 5.86. The van der Waals surface area contributed by atoms with Crippen LogP contribution < -0.4 is 15.4 Å². The molecule has 0 aliphatic heterocycles. The SMILES string of the molecule is CCCC(=O)Nc1ccc(NC(=O)C(CC)Oc2ccccc2C)cc1. The summed E-state index contributed by atoms with van der Waals surface area (Å²) >= 11 is 0. The maximum Gasteiger partial charge on any atom is 0.265 e. The van der Waals surface area contributed by atoms with E-state index in [2.05, 4.69) is 10.6 Å². The Bertz CT molecular complexity index is 741. The van der Waals surface area contributed by atoms with E-state index in [0.29, 0.717) is 30.0 Å². The molecule has 0 bridgehead atoms. The summed E-state index contributed by atoms with van der Waals surface area (Å²) in [5, 5.41) is 5.68. The van der Waals surface area contributed by atoms with Crippen LogP contribution in [-0.2, 0) is 9.59 Å². The highest BCUT2D eigenvalue weighted by Gasteiger charge is 2.19. The third-order valence-electron chi connectivity index (χ3n) is 3.94. The fourth-order valence-corrected chi connectivity index (χ4v) is 2.47. The van der Waals surface area contributed by atoms with Crippen molar-refractivity contribution in [2.24, 2.45) is 0 Å². The molecule has 0 aliphatic rings. The second-order valence-electron chi connectivity index (χ2n) is 6.15. The maximum absolute atomic E-state index is 12.5. The van der Waals surface area contributed by atoms with Crippen molar-refractivity contribution in [3.8, 4) is 5.75 Å². The van der Waals surface area contributed by atoms with Crippen molar-refractivity contribution in [2.75, 3.05) is 10.6 Å². The largest absolute Gasteiger partial charge is 0.480 e. The molecule has 26 heavy (non-hydrogen) atoms. The average molecular weight is 354 g/mol. The Morgan fingerprint density at radius 2 is 1.58 bits per heavy atom. The Kier molecular flexibility index (Phi) is 7.21. The maximum atomic E-state index is 12.5. The zero-order valence-electron chi connectivity index (χ0n) is 15.5. The normalized spacial score (nSPS) is 11.5. The average Bonchev–Trinajstić information content (AvgIpc) is 2.63. The summed E-state index contributed by atoms with van der Waals surface area (Å²) in [5.74, 6) is 0.504. The first-order valence-electron chi connectivity index (χ1n) is 8.96. The summed E-state index contributed by atoms with van der Waals surface area (Å²) in [5.41, 5.74) is 2.37. The van der Waals surface area contributed by atoms with E-state index in [-0.39, 0.29) is 11.8 Å². The number of anilines is 2. The van der Waals surface area contributed by atoms with Gasteiger partial charge in [0.25, 0.3) is 5.91 Å². The molecular formula is C21H26N2O3. The number of hydrogen-bond donors (Lipinski definition) is 2. The summed E-state index contributed by atoms with van der Waals surface area (Å²) in [7, 11) is 0. The molecule has 0 radical (unpaired) electrons. The van der Waals surface area contributed by atoms with Crippen LogP contribution in [0.15, 0.2) is 48.5 Å². The van der Waals surface area contributed by atoms with E-state index in [0.717, 1.165) is 12.0 Å². The zero-order valence-corrected chi connectivity index (χ0v) is 15.5. The van der Waals surface area contributed by atoms with Gasteiger partial charge < -0.3 is 15.4 Å². The number of para-hydroxylation sites is 1. The lowest BCUT2D eigenvalue weighted by atomic mass is 10.2. The lowest BCUT2D eigenvalue weighted by molar-refractivity contribution is -0.122. The van der Waals surface area contributed by atoms with Gasteiger partial charge in [-0.15, -0.1) is 0 Å². The van der Waals surface area contributed by atoms with Gasteiger partial charge in [-0.25, -0.2) is 0 Å². The standard InChI is InChI=1S/C21H26N2O3/c1-4-8-20(24)22-16-11-13-17(14-12-16)23-21(25)18(5-2)26-19-10-7-6-9-15(19)3/h6-7,9-14,18H,4-5,8H2,1-3H3,(H,22,24)(H,23,25). The van der Waals surface area contributed by atoms with Crippen molar-refractivity contribution in [1.29, 1.82) is 0 Å². The first kappa shape index (κ1) is 19.5. The quantitative estimate of drug-likeness (QED) is 0.732. The summed E-state index contributed by atoms with van der Waals surface area (Å²) in [6.07, 6.45) is 1.29. The van der Waals surface area contributed by atoms with E-state index in [4.69, 9.17) is 4.74 Å². The second kappa shape index (κ2) is 9.61. The number of hydrogen-bond acceptors (Lipinski definition) is 3. The van der Waals surface area contributed by atoms with Crippen molar-refractivity contribution in [2.45, 2.75) is 46.1 Å². The van der Waals surface area contributed by atoms with E-state index >= 15 is 0 Å². The first-order valence-corrected chi connectivity index (χ1v) is 8.96. The Labute approximate surface area is 154 Å². The van der Waals surface area contributed by atoms with E-state index < -0.39 is 6.10 Å². The lowest BCUT2D eigenvalue weighted by Gasteiger charge is -2.18. The van der Waals surface area contributed by atoms with Gasteiger partial charge in [0.1, 0.15) is 5.75 Å². The molecular weight excluding hydrogens is 328 g/mol. The number of ether oxygens (including phenoxy) is 1. The number of benzene rings is 2. The van der Waals surface area contributed by atoms with Crippen molar-refractivity contribution in [3.05, 3.63) is 54.1 Å². The minimum Gasteiger partial charge on any atom is -0.480 e. The molecule has 0 fully saturated rings. The van der Waals surface area contributed by atoms with Gasteiger partial charge in [-0.05, 0) is 55.7 Å². The predicted molar refractivity (Wildman–Crippen MR) is 104 cm³/mol. The second-order valence-corrected chi connectivity index (χ2v) is 6.15. The van der Waals surface area contributed by atoms with Gasteiger partial charge in [-0.3, -0.25) is 9.59 Å². The van der Waals surface area contributed by atoms with E-state index in [9.17, 15) is 9.59 Å². The van der Waals surface area contributed by atoms with E-state index in [1.54, 1.807) is 24.3 Å². The molecule has 0 spiro atoms. The molecule has 2 aromatic carbocycles. The van der Waals surface area contributed by atoms with Crippen LogP contribution in [0.1, 0.15) is 38.7 Å². The first-order chi connectivity index (χ1) is 12.5. The van der Waals surface area contributed by atoms with Gasteiger partial charge in [0, 0.05) is 17.8 Å². The predicted octanol–water partition coefficient (Wildman–Crippen LogP) is 4.53. The van der Waals surface area contributed by atoms with Crippen molar-refractivity contribution in [3.63, 3.8) is 0 Å². The smallest absolute Gasteiger partial charge is 0.265 e. The molecule has 2 N–H and O–H groups in total. The van der Waals surface area contributed by atoms with Crippen LogP contribution in [0.4, 0.5) is 11.4 Å². The van der Waals surface area contributed by atoms with Crippen molar-refractivity contribution < 1.29 is 14.3 Å². The van der Waals surface area contributed by atoms with Gasteiger partial charge in [-0.1, -0.05) is 32.0 Å². The monoisotopic (exact) mass is 354 g/mol. The van der Waals surface area contributed by atoms with E-state index in [1.165, 1.54) is 0 Å². The van der Waals surface area contributed by atoms with Crippen molar-refractivity contribution in [1.82, 2.24) is 0 Å². The Balaban J connectivity index is 1.96. The Morgan fingerprint density at radius 1 is 0.962 bits per heavy atom. The minimum absolute atomic E-state index is 0.0121. The zero-order chi connectivity index (χ0) is 18.9. The number of amides is 2. The van der Waals surface area contributed by atoms with Gasteiger partial charge in [0.05, 0.1) is 0 Å². The third kappa shape index (κ3) is 5.62. The highest BCUT2D eigenvalue weighted by atomic mass is 16.5. The molecule has 0 saturated carbocycles. The molecule has 138 valence electrons. The summed E-state index contributed by atoms with van der Waals surface area (Å²) in [6, 6.07) is 14.7. The lowest BCUT2D eigenvalue weighted by Crippen LogP contribution is -2.32.